The summed E-state index contributed by atoms with van der Waals surface area (Å²) in [5.41, 5.74) is 2.07. The molecule has 1 heterocycles. The summed E-state index contributed by atoms with van der Waals surface area (Å²) in [6.07, 6.45) is 6.36. The highest BCUT2D eigenvalue weighted by Gasteiger charge is 2.23. The Kier molecular flexibility index (Phi) is 7.43. The number of nitrogens with zero attached hydrogens (tertiary/aromatic N) is 1. The van der Waals surface area contributed by atoms with Crippen molar-refractivity contribution in [2.75, 3.05) is 19.2 Å². The van der Waals surface area contributed by atoms with Crippen molar-refractivity contribution in [3.05, 3.63) is 33.9 Å². The molecular weight excluding hydrogens is 450 g/mol. The van der Waals surface area contributed by atoms with E-state index in [1.807, 2.05) is 24.0 Å². The molecule has 146 valence electrons. The zero-order valence-corrected chi connectivity index (χ0v) is 18.4. The van der Waals surface area contributed by atoms with Gasteiger partial charge in [-0.05, 0) is 62.5 Å². The Balaban J connectivity index is 1.77. The molecule has 1 aromatic rings. The number of halogens is 1. The topological polar surface area (TPSA) is 48.0 Å². The monoisotopic (exact) mass is 471 g/mol. The number of carbonyl (C=O) groups excluding carboxylic acids is 1. The van der Waals surface area contributed by atoms with Gasteiger partial charge in [-0.15, -0.1) is 0 Å². The molecule has 1 aliphatic carbocycles. The van der Waals surface area contributed by atoms with Crippen molar-refractivity contribution < 1.29 is 19.0 Å². The molecule has 1 amide bonds. The van der Waals surface area contributed by atoms with Crippen LogP contribution in [0.15, 0.2) is 28.4 Å². The molecule has 0 bridgehead atoms. The maximum Gasteiger partial charge on any atom is 0.237 e. The Hall–Kier alpha value is -1.25. The second-order valence-electron chi connectivity index (χ2n) is 6.19. The van der Waals surface area contributed by atoms with E-state index in [1.165, 1.54) is 18.2 Å². The lowest BCUT2D eigenvalue weighted by Crippen LogP contribution is -2.32. The molecule has 3 rings (SSSR count). The Labute approximate surface area is 177 Å². The smallest absolute Gasteiger partial charge is 0.237 e. The van der Waals surface area contributed by atoms with Crippen LogP contribution in [0.2, 0.25) is 0 Å². The van der Waals surface area contributed by atoms with Gasteiger partial charge in [0.2, 0.25) is 17.1 Å². The van der Waals surface area contributed by atoms with Gasteiger partial charge in [-0.2, -0.15) is 0 Å². The molecule has 0 N–H and O–H groups in total. The fourth-order valence-electron chi connectivity index (χ4n) is 3.03. The fraction of sp³-hybridized carbons (Fsp3) is 0.474. The van der Waals surface area contributed by atoms with Gasteiger partial charge in [0, 0.05) is 10.2 Å². The zero-order valence-electron chi connectivity index (χ0n) is 15.2. The molecule has 1 aliphatic heterocycles. The normalized spacial score (nSPS) is 15.3. The molecule has 0 saturated heterocycles. The van der Waals surface area contributed by atoms with Crippen LogP contribution in [0.3, 0.4) is 0 Å². The van der Waals surface area contributed by atoms with E-state index in [4.69, 9.17) is 26.4 Å². The molecule has 0 unspecified atom stereocenters. The Morgan fingerprint density at radius 2 is 2.11 bits per heavy atom. The van der Waals surface area contributed by atoms with Crippen LogP contribution < -0.4 is 9.47 Å². The molecule has 8 heteroatoms. The first-order valence-electron chi connectivity index (χ1n) is 8.95. The minimum atomic E-state index is 0.0276. The average Bonchev–Trinajstić information content (AvgIpc) is 3.12. The molecule has 0 fully saturated rings. The summed E-state index contributed by atoms with van der Waals surface area (Å²) in [6.45, 7) is 3.10. The van der Waals surface area contributed by atoms with Crippen molar-refractivity contribution in [1.29, 1.82) is 0 Å². The second kappa shape index (κ2) is 9.80. The lowest BCUT2D eigenvalue weighted by atomic mass is 10.0. The van der Waals surface area contributed by atoms with E-state index in [2.05, 4.69) is 22.0 Å². The third-order valence-corrected chi connectivity index (χ3v) is 6.31. The number of fused-ring (bicyclic) bond motifs is 1. The molecular formula is C19H22BrNO4S2. The lowest BCUT2D eigenvalue weighted by Gasteiger charge is -2.28. The summed E-state index contributed by atoms with van der Waals surface area (Å²) in [7, 11) is 0. The zero-order chi connectivity index (χ0) is 19.2. The number of rotatable bonds is 6. The predicted octanol–water partition coefficient (Wildman–Crippen LogP) is 5.02. The molecule has 5 nitrogen and oxygen atoms in total. The number of amides is 1. The summed E-state index contributed by atoms with van der Waals surface area (Å²) < 4.78 is 17.5. The third-order valence-electron chi connectivity index (χ3n) is 4.36. The Morgan fingerprint density at radius 3 is 2.81 bits per heavy atom. The van der Waals surface area contributed by atoms with Crippen LogP contribution in [0.25, 0.3) is 0 Å². The minimum Gasteiger partial charge on any atom is -0.479 e. The van der Waals surface area contributed by atoms with E-state index in [0.29, 0.717) is 23.3 Å². The highest BCUT2D eigenvalue weighted by Crippen LogP contribution is 2.38. The number of ether oxygens (including phenoxy) is 3. The van der Waals surface area contributed by atoms with Gasteiger partial charge in [-0.25, -0.2) is 0 Å². The first kappa shape index (κ1) is 20.5. The Morgan fingerprint density at radius 1 is 1.33 bits per heavy atom. The van der Waals surface area contributed by atoms with Crippen molar-refractivity contribution in [2.45, 2.75) is 39.2 Å². The molecule has 27 heavy (non-hydrogen) atoms. The van der Waals surface area contributed by atoms with Gasteiger partial charge < -0.3 is 19.1 Å². The van der Waals surface area contributed by atoms with E-state index in [1.54, 1.807) is 0 Å². The number of benzene rings is 1. The quantitative estimate of drug-likeness (QED) is 0.542. The van der Waals surface area contributed by atoms with E-state index in [0.717, 1.165) is 40.7 Å². The number of hydrogen-bond donors (Lipinski definition) is 0. The molecule has 2 aliphatic rings. The maximum absolute atomic E-state index is 13.0. The number of thioether (sulfide) groups is 1. The standard InChI is InChI=1S/C19H22BrNO4S2/c1-2-23-19(26)27-11-18(22)21(14-6-4-3-5-7-14)10-13-8-16-17(9-15(13)20)25-12-24-16/h6,8-9H,2-5,7,10-12H2,1H3. The highest BCUT2D eigenvalue weighted by atomic mass is 79.9. The maximum atomic E-state index is 13.0. The summed E-state index contributed by atoms with van der Waals surface area (Å²) in [4.78, 5) is 14.8. The van der Waals surface area contributed by atoms with Crippen LogP contribution in [0.5, 0.6) is 11.5 Å². The summed E-state index contributed by atoms with van der Waals surface area (Å²) in [6, 6.07) is 3.84. The van der Waals surface area contributed by atoms with Crippen LogP contribution in [0, 0.1) is 0 Å². The predicted molar refractivity (Wildman–Crippen MR) is 114 cm³/mol. The SMILES string of the molecule is CCOC(=S)SCC(=O)N(Cc1cc2c(cc1Br)OCO2)C1=CCCCC1. The minimum absolute atomic E-state index is 0.0276. The first-order valence-corrected chi connectivity index (χ1v) is 11.1. The number of thiocarbonyl (C=S) groups is 1. The van der Waals surface area contributed by atoms with Crippen molar-refractivity contribution in [1.82, 2.24) is 4.90 Å². The number of carbonyl (C=O) groups is 1. The van der Waals surface area contributed by atoms with E-state index in [-0.39, 0.29) is 18.5 Å². The Bertz CT molecular complexity index is 753. The molecule has 0 radical (unpaired) electrons. The van der Waals surface area contributed by atoms with Crippen LogP contribution in [0.4, 0.5) is 0 Å². The number of hydrogen-bond acceptors (Lipinski definition) is 6. The van der Waals surface area contributed by atoms with E-state index >= 15 is 0 Å². The van der Waals surface area contributed by atoms with Gasteiger partial charge in [0.15, 0.2) is 11.5 Å². The fourth-order valence-corrected chi connectivity index (χ4v) is 4.37. The van der Waals surface area contributed by atoms with Gasteiger partial charge in [-0.1, -0.05) is 33.8 Å². The van der Waals surface area contributed by atoms with Gasteiger partial charge in [-0.3, -0.25) is 4.79 Å². The van der Waals surface area contributed by atoms with Crippen LogP contribution in [-0.4, -0.2) is 34.3 Å². The van der Waals surface area contributed by atoms with Crippen LogP contribution >= 0.6 is 39.9 Å². The highest BCUT2D eigenvalue weighted by molar-refractivity contribution is 9.10. The number of allylic oxidation sites excluding steroid dienone is 2. The largest absolute Gasteiger partial charge is 0.479 e. The first-order chi connectivity index (χ1) is 13.1. The van der Waals surface area contributed by atoms with Crippen molar-refractivity contribution in [3.63, 3.8) is 0 Å². The van der Waals surface area contributed by atoms with Crippen molar-refractivity contribution in [3.8, 4) is 11.5 Å². The molecule has 0 aromatic heterocycles. The molecule has 1 aromatic carbocycles. The summed E-state index contributed by atoms with van der Waals surface area (Å²) in [5, 5.41) is 0. The summed E-state index contributed by atoms with van der Waals surface area (Å²) in [5.74, 6) is 1.72. The van der Waals surface area contributed by atoms with Crippen molar-refractivity contribution >= 4 is 50.2 Å². The van der Waals surface area contributed by atoms with Gasteiger partial charge in [0.25, 0.3) is 0 Å². The van der Waals surface area contributed by atoms with E-state index in [9.17, 15) is 4.79 Å². The second-order valence-corrected chi connectivity index (χ2v) is 8.62. The van der Waals surface area contributed by atoms with Gasteiger partial charge >= 0.3 is 0 Å². The van der Waals surface area contributed by atoms with Gasteiger partial charge in [0.05, 0.1) is 18.9 Å². The van der Waals surface area contributed by atoms with E-state index < -0.39 is 0 Å². The van der Waals surface area contributed by atoms with Crippen LogP contribution in [0.1, 0.15) is 38.2 Å². The summed E-state index contributed by atoms with van der Waals surface area (Å²) >= 11 is 10.0. The molecule has 0 atom stereocenters. The molecule has 0 saturated carbocycles. The van der Waals surface area contributed by atoms with Crippen LogP contribution in [-0.2, 0) is 16.1 Å². The third kappa shape index (κ3) is 5.39. The lowest BCUT2D eigenvalue weighted by molar-refractivity contribution is -0.127. The van der Waals surface area contributed by atoms with Crippen molar-refractivity contribution in [2.24, 2.45) is 0 Å². The molecule has 0 spiro atoms. The van der Waals surface area contributed by atoms with Gasteiger partial charge in [0.1, 0.15) is 0 Å². The average molecular weight is 472 g/mol.